The van der Waals surface area contributed by atoms with E-state index in [-0.39, 0.29) is 64.2 Å². The molecule has 3 aromatic carbocycles. The summed E-state index contributed by atoms with van der Waals surface area (Å²) in [6.07, 6.45) is 5.75. The van der Waals surface area contributed by atoms with E-state index in [9.17, 15) is 19.2 Å². The molecule has 2 bridgehead atoms. The van der Waals surface area contributed by atoms with Crippen LogP contribution in [0.4, 0.5) is 18.4 Å². The number of nitrogens with one attached hydrogen (secondary N) is 4. The zero-order chi connectivity index (χ0) is 45.7. The third kappa shape index (κ3) is 7.19. The molecule has 10 rings (SSSR count). The molecule has 4 heterocycles. The molecule has 0 unspecified atom stereocenters. The number of imidazole rings is 2. The first-order chi connectivity index (χ1) is 31.1. The quantitative estimate of drug-likeness (QED) is 0.108. The Morgan fingerprint density at radius 2 is 1.40 bits per heavy atom. The van der Waals surface area contributed by atoms with Crippen LogP contribution >= 0.6 is 0 Å². The fourth-order valence-corrected chi connectivity index (χ4v) is 11.0. The first kappa shape index (κ1) is 42.6. The molecular weight excluding hydrogens is 835 g/mol. The average Bonchev–Trinajstić information content (AvgIpc) is 3.95. The maximum Gasteiger partial charge on any atom is 0.407 e. The van der Waals surface area contributed by atoms with Crippen LogP contribution < -0.4 is 10.6 Å². The molecule has 6 atom stereocenters. The van der Waals surface area contributed by atoms with Gasteiger partial charge in [-0.15, -0.1) is 0 Å². The topological polar surface area (TPSA) is 175 Å². The van der Waals surface area contributed by atoms with E-state index >= 15 is 8.78 Å². The molecule has 2 saturated heterocycles. The fraction of sp³-hybridized carbons (Fsp3) is 0.469. The number of H-pyrrole nitrogens is 2. The lowest BCUT2D eigenvalue weighted by Crippen LogP contribution is -2.54. The average molecular weight is 889 g/mol. The van der Waals surface area contributed by atoms with Gasteiger partial charge in [-0.3, -0.25) is 9.59 Å². The highest BCUT2D eigenvalue weighted by atomic mass is 19.3. The van der Waals surface area contributed by atoms with Gasteiger partial charge < -0.3 is 39.9 Å². The number of fused-ring (bicyclic) bond motifs is 6. The summed E-state index contributed by atoms with van der Waals surface area (Å²) >= 11 is 0. The molecule has 5 aliphatic rings. The second kappa shape index (κ2) is 15.7. The number of hydrogen-bond donors (Lipinski definition) is 4. The van der Waals surface area contributed by atoms with Crippen molar-refractivity contribution in [3.8, 4) is 33.5 Å². The van der Waals surface area contributed by atoms with Crippen LogP contribution in [0.5, 0.6) is 0 Å². The Hall–Kier alpha value is -6.32. The van der Waals surface area contributed by atoms with Crippen LogP contribution in [0.3, 0.4) is 0 Å². The highest BCUT2D eigenvalue weighted by molar-refractivity contribution is 5.89. The van der Waals surface area contributed by atoms with Crippen molar-refractivity contribution in [2.45, 2.75) is 102 Å². The molecule has 340 valence electrons. The summed E-state index contributed by atoms with van der Waals surface area (Å²) < 4.78 is 43.0. The van der Waals surface area contributed by atoms with Crippen LogP contribution in [0.15, 0.2) is 60.8 Å². The molecule has 3 aliphatic carbocycles. The Morgan fingerprint density at radius 1 is 0.785 bits per heavy atom. The predicted molar refractivity (Wildman–Crippen MR) is 237 cm³/mol. The van der Waals surface area contributed by atoms with E-state index in [2.05, 4.69) is 20.6 Å². The number of alkyl halides is 2. The van der Waals surface area contributed by atoms with Gasteiger partial charge in [0.1, 0.15) is 23.7 Å². The molecule has 16 heteroatoms. The molecule has 1 spiro atoms. The van der Waals surface area contributed by atoms with Gasteiger partial charge >= 0.3 is 12.2 Å². The van der Waals surface area contributed by atoms with E-state index in [1.54, 1.807) is 29.3 Å². The monoisotopic (exact) mass is 888 g/mol. The number of likely N-dealkylation sites (tertiary alicyclic amines) is 2. The third-order valence-electron chi connectivity index (χ3n) is 14.7. The van der Waals surface area contributed by atoms with Gasteiger partial charge in [0.25, 0.3) is 5.92 Å². The molecule has 5 aromatic rings. The van der Waals surface area contributed by atoms with Crippen LogP contribution in [0.25, 0.3) is 44.5 Å². The van der Waals surface area contributed by atoms with Crippen molar-refractivity contribution in [3.63, 3.8) is 0 Å². The molecule has 14 nitrogen and oxygen atoms in total. The maximum absolute atomic E-state index is 16.7. The number of halogens is 2. The van der Waals surface area contributed by atoms with Gasteiger partial charge in [0.05, 0.1) is 49.2 Å². The first-order valence-corrected chi connectivity index (χ1v) is 22.6. The smallest absolute Gasteiger partial charge is 0.407 e. The van der Waals surface area contributed by atoms with Crippen LogP contribution in [-0.4, -0.2) is 92.6 Å². The minimum absolute atomic E-state index is 0.0102. The van der Waals surface area contributed by atoms with Crippen LogP contribution in [-0.2, 0) is 25.0 Å². The van der Waals surface area contributed by atoms with Crippen molar-refractivity contribution in [2.24, 2.45) is 23.2 Å². The summed E-state index contributed by atoms with van der Waals surface area (Å²) in [6.45, 7) is 8.09. The number of methoxy groups -OCH3 is 2. The summed E-state index contributed by atoms with van der Waals surface area (Å²) in [7, 11) is 2.54. The summed E-state index contributed by atoms with van der Waals surface area (Å²) in [5, 5.41) is 5.43. The number of benzene rings is 3. The summed E-state index contributed by atoms with van der Waals surface area (Å²) in [5.74, 6) is -2.53. The number of piperidine rings is 1. The molecule has 0 radical (unpaired) electrons. The van der Waals surface area contributed by atoms with E-state index in [1.165, 1.54) is 20.3 Å². The number of aromatic amines is 2. The number of ether oxygens (including phenoxy) is 2. The Kier molecular flexibility index (Phi) is 10.3. The lowest BCUT2D eigenvalue weighted by atomic mass is 9.95. The predicted octanol–water partition coefficient (Wildman–Crippen LogP) is 8.61. The molecule has 65 heavy (non-hydrogen) atoms. The van der Waals surface area contributed by atoms with E-state index in [1.807, 2.05) is 62.9 Å². The van der Waals surface area contributed by atoms with Gasteiger partial charge in [-0.2, -0.15) is 8.78 Å². The molecule has 2 saturated carbocycles. The van der Waals surface area contributed by atoms with E-state index < -0.39 is 30.2 Å². The first-order valence-electron chi connectivity index (χ1n) is 22.6. The SMILES string of the molecule is COC(=O)N[C@H](C(=O)N1CC2(CC2)C[C@@H]1c1ncc(-c2ccc3c(c2)C(F)(F)c2cc(-c4ccc5nc([C@H]6[C@H]7CC[C@@H](C7)N6C(=O)[C@@H](NC(=O)OC)C(C)C)[nH]c5c4)ccc2-3)[nH]1)C(C)C. The van der Waals surface area contributed by atoms with Crippen molar-refractivity contribution in [2.75, 3.05) is 20.8 Å². The van der Waals surface area contributed by atoms with Crippen molar-refractivity contribution in [1.82, 2.24) is 40.4 Å². The van der Waals surface area contributed by atoms with Gasteiger partial charge in [0, 0.05) is 29.3 Å². The number of nitrogens with zero attached hydrogens (tertiary/aromatic N) is 4. The number of rotatable bonds is 10. The maximum atomic E-state index is 16.7. The van der Waals surface area contributed by atoms with Gasteiger partial charge in [-0.25, -0.2) is 19.6 Å². The van der Waals surface area contributed by atoms with Crippen molar-refractivity contribution in [3.05, 3.63) is 83.6 Å². The fourth-order valence-electron chi connectivity index (χ4n) is 11.0. The Bertz CT molecular complexity index is 2740. The van der Waals surface area contributed by atoms with Gasteiger partial charge in [-0.05, 0) is 108 Å². The second-order valence-electron chi connectivity index (χ2n) is 19.4. The number of aromatic nitrogens is 4. The molecule has 2 aromatic heterocycles. The van der Waals surface area contributed by atoms with E-state index in [0.29, 0.717) is 51.7 Å². The molecule has 4 N–H and O–H groups in total. The van der Waals surface area contributed by atoms with Crippen molar-refractivity contribution >= 4 is 35.0 Å². The number of carbonyl (C=O) groups is 4. The zero-order valence-corrected chi connectivity index (χ0v) is 37.3. The van der Waals surface area contributed by atoms with E-state index in [0.717, 1.165) is 49.6 Å². The van der Waals surface area contributed by atoms with Crippen LogP contribution in [0.2, 0.25) is 0 Å². The number of amides is 4. The highest BCUT2D eigenvalue weighted by Crippen LogP contribution is 2.59. The number of alkyl carbamates (subject to hydrolysis) is 2. The Balaban J connectivity index is 0.896. The minimum atomic E-state index is -3.29. The standard InChI is InChI=1S/C49H54F2N8O6/c1-24(2)39(56-46(62)64-5)44(60)58-23-48(15-16-48)21-38(58)42-52-22-37(55-42)28-9-13-32-31-12-8-26(18-33(31)49(50,51)34(32)19-28)27-10-14-35-36(20-27)54-43(53-35)41-29-7-11-30(17-29)59(41)45(61)40(25(3)4)57-47(63)65-6/h8-10,12-14,18-20,22,24-25,29-30,38-41H,7,11,15-17,21,23H2,1-6H3,(H,52,55)(H,53,54)(H,56,62)(H,57,63)/t29-,30-,38+,39-,40-,41+/m0/s1. The van der Waals surface area contributed by atoms with Crippen LogP contribution in [0, 0.1) is 23.2 Å². The molecule has 2 aliphatic heterocycles. The largest absolute Gasteiger partial charge is 0.453 e. The molecule has 4 fully saturated rings. The normalized spacial score (nSPS) is 22.9. The lowest BCUT2D eigenvalue weighted by molar-refractivity contribution is -0.139. The third-order valence-corrected chi connectivity index (χ3v) is 14.7. The number of carbonyl (C=O) groups excluding carboxylic acids is 4. The van der Waals surface area contributed by atoms with E-state index in [4.69, 9.17) is 19.4 Å². The minimum Gasteiger partial charge on any atom is -0.453 e. The van der Waals surface area contributed by atoms with Gasteiger partial charge in [0.2, 0.25) is 11.8 Å². The molecular formula is C49H54F2N8O6. The molecule has 4 amide bonds. The highest BCUT2D eigenvalue weighted by Gasteiger charge is 2.56. The summed E-state index contributed by atoms with van der Waals surface area (Å²) in [6, 6.07) is 13.8. The van der Waals surface area contributed by atoms with Gasteiger partial charge in [0.15, 0.2) is 0 Å². The Labute approximate surface area is 375 Å². The van der Waals surface area contributed by atoms with Crippen LogP contribution in [0.1, 0.15) is 101 Å². The van der Waals surface area contributed by atoms with Crippen molar-refractivity contribution < 1.29 is 37.4 Å². The van der Waals surface area contributed by atoms with Gasteiger partial charge in [-0.1, -0.05) is 58.0 Å². The summed E-state index contributed by atoms with van der Waals surface area (Å²) in [4.78, 5) is 72.6. The zero-order valence-electron chi connectivity index (χ0n) is 37.3. The second-order valence-corrected chi connectivity index (χ2v) is 19.4. The lowest BCUT2D eigenvalue weighted by Gasteiger charge is -2.37. The summed E-state index contributed by atoms with van der Waals surface area (Å²) in [5.41, 5.74) is 4.68. The Morgan fingerprint density at radius 3 is 2.05 bits per heavy atom. The van der Waals surface area contributed by atoms with Crippen molar-refractivity contribution in [1.29, 1.82) is 0 Å². The number of hydrogen-bond acceptors (Lipinski definition) is 8.